The number of nitrogens with one attached hydrogen (secondary N) is 1. The monoisotopic (exact) mass is 309 g/mol. The van der Waals surface area contributed by atoms with Gasteiger partial charge in [0, 0.05) is 17.8 Å². The Morgan fingerprint density at radius 1 is 0.952 bits per heavy atom. The highest BCUT2D eigenvalue weighted by Crippen LogP contribution is 2.56. The summed E-state index contributed by atoms with van der Waals surface area (Å²) in [5.41, 5.74) is 0. The van der Waals surface area contributed by atoms with Crippen molar-refractivity contribution in [3.8, 4) is 0 Å². The first-order chi connectivity index (χ1) is 10.2. The third-order valence-corrected chi connectivity index (χ3v) is 7.36. The minimum Gasteiger partial charge on any atom is -0.353 e. The SMILES string of the molecule is O=C(NC1CCCCC1CCl)C1C2CC3CC(C2)CC1C3. The summed E-state index contributed by atoms with van der Waals surface area (Å²) in [5.74, 6) is 5.19. The van der Waals surface area contributed by atoms with E-state index in [4.69, 9.17) is 11.6 Å². The lowest BCUT2D eigenvalue weighted by molar-refractivity contribution is -0.139. The second kappa shape index (κ2) is 5.76. The van der Waals surface area contributed by atoms with Gasteiger partial charge >= 0.3 is 0 Å². The largest absolute Gasteiger partial charge is 0.353 e. The summed E-state index contributed by atoms with van der Waals surface area (Å²) in [6.07, 6.45) is 11.6. The standard InChI is InChI=1S/C18H28ClNO/c19-10-13-3-1-2-4-16(13)20-18(21)17-14-6-11-5-12(8-14)9-15(17)7-11/h11-17H,1-10H2,(H,20,21). The van der Waals surface area contributed by atoms with Crippen molar-refractivity contribution in [1.82, 2.24) is 5.32 Å². The van der Waals surface area contributed by atoms with Crippen LogP contribution in [0.25, 0.3) is 0 Å². The summed E-state index contributed by atoms with van der Waals surface area (Å²) in [4.78, 5) is 12.9. The number of carbonyl (C=O) groups is 1. The van der Waals surface area contributed by atoms with E-state index in [0.29, 0.717) is 41.5 Å². The number of hydrogen-bond acceptors (Lipinski definition) is 1. The van der Waals surface area contributed by atoms with Crippen LogP contribution in [0.5, 0.6) is 0 Å². The first-order valence-corrected chi connectivity index (χ1v) is 9.64. The zero-order chi connectivity index (χ0) is 14.4. The van der Waals surface area contributed by atoms with Crippen molar-refractivity contribution in [1.29, 1.82) is 0 Å². The Hall–Kier alpha value is -0.240. The van der Waals surface area contributed by atoms with Crippen molar-refractivity contribution in [2.24, 2.45) is 35.5 Å². The van der Waals surface area contributed by atoms with Crippen LogP contribution < -0.4 is 5.32 Å². The quantitative estimate of drug-likeness (QED) is 0.785. The fourth-order valence-corrected chi connectivity index (χ4v) is 6.58. The molecule has 0 heterocycles. The van der Waals surface area contributed by atoms with Crippen LogP contribution in [-0.4, -0.2) is 17.8 Å². The van der Waals surface area contributed by atoms with E-state index in [0.717, 1.165) is 18.3 Å². The molecular weight excluding hydrogens is 282 g/mol. The third-order valence-electron chi connectivity index (χ3n) is 6.96. The molecule has 0 aromatic rings. The van der Waals surface area contributed by atoms with Crippen LogP contribution in [0.15, 0.2) is 0 Å². The number of hydrogen-bond donors (Lipinski definition) is 1. The van der Waals surface area contributed by atoms with Crippen LogP contribution in [0, 0.1) is 35.5 Å². The number of rotatable bonds is 3. The Bertz CT molecular complexity index is 382. The predicted molar refractivity (Wildman–Crippen MR) is 85.1 cm³/mol. The van der Waals surface area contributed by atoms with E-state index >= 15 is 0 Å². The van der Waals surface area contributed by atoms with Crippen LogP contribution in [0.3, 0.4) is 0 Å². The molecule has 1 amide bonds. The lowest BCUT2D eigenvalue weighted by Crippen LogP contribution is -2.54. The maximum absolute atomic E-state index is 12.9. The van der Waals surface area contributed by atoms with E-state index in [-0.39, 0.29) is 0 Å². The molecule has 1 N–H and O–H groups in total. The fraction of sp³-hybridized carbons (Fsp3) is 0.944. The normalized spacial score (nSPS) is 48.3. The molecule has 118 valence electrons. The number of alkyl halides is 1. The van der Waals surface area contributed by atoms with E-state index in [2.05, 4.69) is 5.32 Å². The van der Waals surface area contributed by atoms with Crippen LogP contribution in [0.2, 0.25) is 0 Å². The average molecular weight is 310 g/mol. The lowest BCUT2D eigenvalue weighted by atomic mass is 9.51. The number of carbonyl (C=O) groups excluding carboxylic acids is 1. The van der Waals surface area contributed by atoms with Gasteiger partial charge in [-0.3, -0.25) is 4.79 Å². The molecule has 5 aliphatic carbocycles. The van der Waals surface area contributed by atoms with E-state index in [1.165, 1.54) is 51.4 Å². The van der Waals surface area contributed by atoms with Gasteiger partial charge in [0.15, 0.2) is 0 Å². The van der Waals surface area contributed by atoms with Crippen molar-refractivity contribution >= 4 is 17.5 Å². The summed E-state index contributed by atoms with van der Waals surface area (Å²) in [6.45, 7) is 0. The minimum absolute atomic E-state index is 0.329. The van der Waals surface area contributed by atoms with Crippen LogP contribution in [-0.2, 0) is 4.79 Å². The van der Waals surface area contributed by atoms with Crippen molar-refractivity contribution in [2.45, 2.75) is 63.8 Å². The summed E-state index contributed by atoms with van der Waals surface area (Å²) in [7, 11) is 0. The molecule has 0 aliphatic heterocycles. The average Bonchev–Trinajstić information content (AvgIpc) is 2.46. The summed E-state index contributed by atoms with van der Waals surface area (Å²) in [6, 6.07) is 0.348. The Balaban J connectivity index is 1.43. The summed E-state index contributed by atoms with van der Waals surface area (Å²) < 4.78 is 0. The summed E-state index contributed by atoms with van der Waals surface area (Å²) in [5, 5.41) is 3.42. The third kappa shape index (κ3) is 2.62. The second-order valence-corrected chi connectivity index (χ2v) is 8.58. The van der Waals surface area contributed by atoms with Crippen molar-refractivity contribution in [3.63, 3.8) is 0 Å². The van der Waals surface area contributed by atoms with Crippen LogP contribution in [0.1, 0.15) is 57.8 Å². The van der Waals surface area contributed by atoms with Gasteiger partial charge in [0.2, 0.25) is 5.91 Å². The van der Waals surface area contributed by atoms with Gasteiger partial charge in [-0.1, -0.05) is 12.8 Å². The molecule has 0 spiro atoms. The zero-order valence-electron chi connectivity index (χ0n) is 12.9. The smallest absolute Gasteiger partial charge is 0.223 e. The molecule has 4 bridgehead atoms. The second-order valence-electron chi connectivity index (χ2n) is 8.27. The first-order valence-electron chi connectivity index (χ1n) is 9.11. The van der Waals surface area contributed by atoms with E-state index in [1.807, 2.05) is 0 Å². The minimum atomic E-state index is 0.329. The Labute approximate surface area is 133 Å². The lowest BCUT2D eigenvalue weighted by Gasteiger charge is -2.54. The van der Waals surface area contributed by atoms with Gasteiger partial charge in [-0.25, -0.2) is 0 Å². The van der Waals surface area contributed by atoms with E-state index < -0.39 is 0 Å². The molecule has 0 aromatic heterocycles. The van der Waals surface area contributed by atoms with Crippen molar-refractivity contribution in [3.05, 3.63) is 0 Å². The first kappa shape index (κ1) is 14.4. The molecule has 5 fully saturated rings. The predicted octanol–water partition coefficient (Wildman–Crippen LogP) is 3.97. The van der Waals surface area contributed by atoms with Gasteiger partial charge in [-0.2, -0.15) is 0 Å². The van der Waals surface area contributed by atoms with Crippen LogP contribution in [0.4, 0.5) is 0 Å². The molecule has 0 radical (unpaired) electrons. The highest BCUT2D eigenvalue weighted by Gasteiger charge is 2.51. The maximum atomic E-state index is 12.9. The Morgan fingerprint density at radius 2 is 1.57 bits per heavy atom. The molecule has 0 saturated heterocycles. The molecule has 0 aromatic carbocycles. The number of amides is 1. The molecule has 21 heavy (non-hydrogen) atoms. The molecule has 5 aliphatic rings. The molecule has 2 atom stereocenters. The molecule has 3 heteroatoms. The fourth-order valence-electron chi connectivity index (χ4n) is 6.21. The Morgan fingerprint density at radius 3 is 2.19 bits per heavy atom. The van der Waals surface area contributed by atoms with Crippen molar-refractivity contribution in [2.75, 3.05) is 5.88 Å². The van der Waals surface area contributed by atoms with Crippen LogP contribution >= 0.6 is 11.6 Å². The highest BCUT2D eigenvalue weighted by molar-refractivity contribution is 6.18. The van der Waals surface area contributed by atoms with Gasteiger partial charge in [-0.15, -0.1) is 11.6 Å². The van der Waals surface area contributed by atoms with Gasteiger partial charge < -0.3 is 5.32 Å². The molecule has 5 saturated carbocycles. The van der Waals surface area contributed by atoms with Crippen molar-refractivity contribution < 1.29 is 4.79 Å². The zero-order valence-corrected chi connectivity index (χ0v) is 13.7. The topological polar surface area (TPSA) is 29.1 Å². The highest BCUT2D eigenvalue weighted by atomic mass is 35.5. The van der Waals surface area contributed by atoms with E-state index in [1.54, 1.807) is 0 Å². The van der Waals surface area contributed by atoms with Gasteiger partial charge in [0.05, 0.1) is 0 Å². The molecule has 2 unspecified atom stereocenters. The van der Waals surface area contributed by atoms with Gasteiger partial charge in [0.25, 0.3) is 0 Å². The number of halogens is 1. The molecule has 2 nitrogen and oxygen atoms in total. The van der Waals surface area contributed by atoms with Gasteiger partial charge in [0.1, 0.15) is 0 Å². The Kier molecular flexibility index (Phi) is 3.94. The maximum Gasteiger partial charge on any atom is 0.223 e. The molecule has 5 rings (SSSR count). The molecular formula is C18H28ClNO. The van der Waals surface area contributed by atoms with Gasteiger partial charge in [-0.05, 0) is 74.5 Å². The van der Waals surface area contributed by atoms with E-state index in [9.17, 15) is 4.79 Å². The summed E-state index contributed by atoms with van der Waals surface area (Å²) >= 11 is 6.11.